The monoisotopic (exact) mass is 238 g/mol. The molecular weight excluding hydrogens is 231 g/mol. The Kier molecular flexibility index (Phi) is 3.62. The molecule has 0 saturated heterocycles. The maximum Gasteiger partial charge on any atom is 0.449 e. The van der Waals surface area contributed by atoms with Crippen LogP contribution in [0.25, 0.3) is 0 Å². The molecule has 0 bridgehead atoms. The van der Waals surface area contributed by atoms with Crippen LogP contribution in [0.15, 0.2) is 18.2 Å². The van der Waals surface area contributed by atoms with Gasteiger partial charge in [-0.3, -0.25) is 4.79 Å². The van der Waals surface area contributed by atoms with Gasteiger partial charge in [-0.1, -0.05) is 6.07 Å². The van der Waals surface area contributed by atoms with Gasteiger partial charge in [0.2, 0.25) is 5.78 Å². The summed E-state index contributed by atoms with van der Waals surface area (Å²) in [6.07, 6.45) is -6.15. The number of Topliss-reactive ketones (excluding diaryl/α,β-unsaturated/α-hetero) is 1. The largest absolute Gasteiger partial charge is 0.449 e. The number of halogens is 5. The van der Waals surface area contributed by atoms with Gasteiger partial charge >= 0.3 is 6.18 Å². The maximum atomic E-state index is 13.0. The van der Waals surface area contributed by atoms with Crippen molar-refractivity contribution in [2.45, 2.75) is 19.0 Å². The Labute approximate surface area is 87.9 Å². The van der Waals surface area contributed by atoms with Gasteiger partial charge in [-0.25, -0.2) is 8.78 Å². The molecule has 0 amide bonds. The second-order valence-electron chi connectivity index (χ2n) is 3.16. The molecule has 0 heterocycles. The molecule has 16 heavy (non-hydrogen) atoms. The molecule has 1 rings (SSSR count). The lowest BCUT2D eigenvalue weighted by Gasteiger charge is -2.05. The first kappa shape index (κ1) is 12.6. The van der Waals surface area contributed by atoms with E-state index in [2.05, 4.69) is 0 Å². The Morgan fingerprint density at radius 3 is 2.31 bits per heavy atom. The number of carbonyl (C=O) groups excluding carboxylic acids is 1. The van der Waals surface area contributed by atoms with Crippen molar-refractivity contribution >= 4 is 5.78 Å². The Bertz CT molecular complexity index is 397. The minimum Gasteiger partial charge on any atom is -0.290 e. The number of hydrogen-bond donors (Lipinski definition) is 0. The Balaban J connectivity index is 2.65. The van der Waals surface area contributed by atoms with Crippen molar-refractivity contribution in [3.8, 4) is 0 Å². The summed E-state index contributed by atoms with van der Waals surface area (Å²) in [7, 11) is 0. The molecule has 0 fully saturated rings. The highest BCUT2D eigenvalue weighted by Gasteiger charge is 2.37. The molecule has 0 radical (unpaired) electrons. The van der Waals surface area contributed by atoms with E-state index in [9.17, 15) is 26.7 Å². The smallest absolute Gasteiger partial charge is 0.290 e. The minimum atomic E-state index is -4.91. The molecular formula is C10H7F5O. The summed E-state index contributed by atoms with van der Waals surface area (Å²) in [6, 6.07) is 2.51. The van der Waals surface area contributed by atoms with Gasteiger partial charge in [0.25, 0.3) is 0 Å². The van der Waals surface area contributed by atoms with E-state index in [-0.39, 0.29) is 5.56 Å². The van der Waals surface area contributed by atoms with E-state index in [0.717, 1.165) is 12.1 Å². The molecule has 6 heteroatoms. The lowest BCUT2D eigenvalue weighted by atomic mass is 10.1. The third kappa shape index (κ3) is 3.29. The standard InChI is InChI=1S/C10H7F5O/c11-7-3-1-6(8(12)5-7)2-4-9(16)10(13,14)15/h1,3,5H,2,4H2. The molecule has 0 aliphatic rings. The van der Waals surface area contributed by atoms with Crippen molar-refractivity contribution in [1.82, 2.24) is 0 Å². The average molecular weight is 238 g/mol. The van der Waals surface area contributed by atoms with Gasteiger partial charge in [-0.05, 0) is 18.1 Å². The van der Waals surface area contributed by atoms with Crippen LogP contribution in [-0.2, 0) is 11.2 Å². The third-order valence-corrected chi connectivity index (χ3v) is 1.95. The van der Waals surface area contributed by atoms with Crippen LogP contribution in [0, 0.1) is 11.6 Å². The fraction of sp³-hybridized carbons (Fsp3) is 0.300. The van der Waals surface area contributed by atoms with E-state index in [4.69, 9.17) is 0 Å². The fourth-order valence-corrected chi connectivity index (χ4v) is 1.11. The first-order chi connectivity index (χ1) is 7.30. The molecule has 0 saturated carbocycles. The summed E-state index contributed by atoms with van der Waals surface area (Å²) in [4.78, 5) is 10.5. The number of rotatable bonds is 3. The topological polar surface area (TPSA) is 17.1 Å². The quantitative estimate of drug-likeness (QED) is 0.740. The predicted molar refractivity (Wildman–Crippen MR) is 45.7 cm³/mol. The van der Waals surface area contributed by atoms with Crippen LogP contribution in [0.1, 0.15) is 12.0 Å². The van der Waals surface area contributed by atoms with Gasteiger partial charge < -0.3 is 0 Å². The number of benzene rings is 1. The number of hydrogen-bond acceptors (Lipinski definition) is 1. The zero-order valence-corrected chi connectivity index (χ0v) is 7.94. The number of alkyl halides is 3. The number of ketones is 1. The Hall–Kier alpha value is -1.46. The molecule has 0 aliphatic heterocycles. The van der Waals surface area contributed by atoms with Crippen LogP contribution in [-0.4, -0.2) is 12.0 Å². The van der Waals surface area contributed by atoms with E-state index >= 15 is 0 Å². The lowest BCUT2D eigenvalue weighted by molar-refractivity contribution is -0.171. The second-order valence-corrected chi connectivity index (χ2v) is 3.16. The van der Waals surface area contributed by atoms with Crippen LogP contribution >= 0.6 is 0 Å². The molecule has 1 nitrogen and oxygen atoms in total. The first-order valence-corrected chi connectivity index (χ1v) is 4.34. The molecule has 0 aromatic heterocycles. The summed E-state index contributed by atoms with van der Waals surface area (Å²) in [5.74, 6) is -3.69. The van der Waals surface area contributed by atoms with Crippen LogP contribution in [0.2, 0.25) is 0 Å². The summed E-state index contributed by atoms with van der Waals surface area (Å²) in [5, 5.41) is 0. The third-order valence-electron chi connectivity index (χ3n) is 1.95. The normalized spacial score (nSPS) is 11.6. The molecule has 0 atom stereocenters. The highest BCUT2D eigenvalue weighted by Crippen LogP contribution is 2.20. The van der Waals surface area contributed by atoms with Crippen molar-refractivity contribution in [2.24, 2.45) is 0 Å². The molecule has 0 aliphatic carbocycles. The SMILES string of the molecule is O=C(CCc1ccc(F)cc1F)C(F)(F)F. The van der Waals surface area contributed by atoms with E-state index in [1.165, 1.54) is 0 Å². The molecule has 1 aromatic rings. The molecule has 1 aromatic carbocycles. The Morgan fingerprint density at radius 2 is 1.81 bits per heavy atom. The highest BCUT2D eigenvalue weighted by atomic mass is 19.4. The van der Waals surface area contributed by atoms with Gasteiger partial charge in [0.15, 0.2) is 0 Å². The van der Waals surface area contributed by atoms with Gasteiger partial charge in [0, 0.05) is 12.5 Å². The summed E-state index contributed by atoms with van der Waals surface area (Å²) in [6.45, 7) is 0. The van der Waals surface area contributed by atoms with Crippen molar-refractivity contribution < 1.29 is 26.7 Å². The van der Waals surface area contributed by atoms with Crippen molar-refractivity contribution in [3.63, 3.8) is 0 Å². The van der Waals surface area contributed by atoms with Crippen molar-refractivity contribution in [3.05, 3.63) is 35.4 Å². The van der Waals surface area contributed by atoms with Crippen LogP contribution in [0.4, 0.5) is 22.0 Å². The molecule has 0 spiro atoms. The predicted octanol–water partition coefficient (Wildman–Crippen LogP) is 3.03. The maximum absolute atomic E-state index is 13.0. The van der Waals surface area contributed by atoms with E-state index in [1.807, 2.05) is 0 Å². The van der Waals surface area contributed by atoms with Gasteiger partial charge in [-0.15, -0.1) is 0 Å². The van der Waals surface area contributed by atoms with Crippen LogP contribution < -0.4 is 0 Å². The summed E-state index contributed by atoms with van der Waals surface area (Å²) < 4.78 is 60.9. The molecule has 0 unspecified atom stereocenters. The highest BCUT2D eigenvalue weighted by molar-refractivity contribution is 5.84. The summed E-state index contributed by atoms with van der Waals surface area (Å²) in [5.41, 5.74) is -0.112. The van der Waals surface area contributed by atoms with Crippen molar-refractivity contribution in [1.29, 1.82) is 0 Å². The van der Waals surface area contributed by atoms with E-state index in [0.29, 0.717) is 6.07 Å². The van der Waals surface area contributed by atoms with E-state index in [1.54, 1.807) is 0 Å². The van der Waals surface area contributed by atoms with Crippen LogP contribution in [0.3, 0.4) is 0 Å². The van der Waals surface area contributed by atoms with Gasteiger partial charge in [-0.2, -0.15) is 13.2 Å². The number of carbonyl (C=O) groups is 1. The summed E-state index contributed by atoms with van der Waals surface area (Å²) >= 11 is 0. The lowest BCUT2D eigenvalue weighted by Crippen LogP contribution is -2.23. The second kappa shape index (κ2) is 4.59. The molecule has 88 valence electrons. The zero-order valence-electron chi connectivity index (χ0n) is 7.94. The zero-order chi connectivity index (χ0) is 12.3. The van der Waals surface area contributed by atoms with E-state index < -0.39 is 36.4 Å². The van der Waals surface area contributed by atoms with Gasteiger partial charge in [0.1, 0.15) is 11.6 Å². The van der Waals surface area contributed by atoms with Crippen LogP contribution in [0.5, 0.6) is 0 Å². The minimum absolute atomic E-state index is 0.112. The fourth-order valence-electron chi connectivity index (χ4n) is 1.11. The van der Waals surface area contributed by atoms with Gasteiger partial charge in [0.05, 0.1) is 0 Å². The van der Waals surface area contributed by atoms with Crippen molar-refractivity contribution in [2.75, 3.05) is 0 Å². The average Bonchev–Trinajstić information content (AvgIpc) is 2.14. The first-order valence-electron chi connectivity index (χ1n) is 4.34. The molecule has 0 N–H and O–H groups in total. The number of aryl methyl sites for hydroxylation is 1. The Morgan fingerprint density at radius 1 is 1.19 bits per heavy atom.